The number of rotatable bonds is 26. The van der Waals surface area contributed by atoms with Gasteiger partial charge in [-0.05, 0) is 75.1 Å². The summed E-state index contributed by atoms with van der Waals surface area (Å²) in [7, 11) is 0. The second-order valence-electron chi connectivity index (χ2n) is 21.5. The molecule has 0 spiro atoms. The smallest absolute Gasteiger partial charge is 0.410 e. The van der Waals surface area contributed by atoms with Crippen molar-refractivity contribution >= 4 is 86.7 Å². The summed E-state index contributed by atoms with van der Waals surface area (Å²) in [6, 6.07) is 3.81. The first-order valence-electron chi connectivity index (χ1n) is 27.7. The van der Waals surface area contributed by atoms with Gasteiger partial charge in [0.15, 0.2) is 12.0 Å². The number of carbonyl (C=O) groups is 7. The molecule has 0 radical (unpaired) electrons. The summed E-state index contributed by atoms with van der Waals surface area (Å²) in [4.78, 5) is 108. The molecule has 12 atom stereocenters. The number of aromatic amines is 1. The first kappa shape index (κ1) is 61.7. The van der Waals surface area contributed by atoms with Crippen molar-refractivity contribution in [2.45, 2.75) is 203 Å². The lowest BCUT2D eigenvalue weighted by Gasteiger charge is -2.42. The number of anilines is 2. The fraction of sp³-hybridized carbons (Fsp3) is 0.655. The predicted molar refractivity (Wildman–Crippen MR) is 300 cm³/mol. The van der Waals surface area contributed by atoms with Gasteiger partial charge in [-0.3, -0.25) is 38.6 Å². The van der Waals surface area contributed by atoms with Crippen molar-refractivity contribution in [3.05, 3.63) is 47.9 Å². The molecule has 430 valence electrons. The molecule has 6 rings (SSSR count). The molecule has 3 saturated heterocycles. The van der Waals surface area contributed by atoms with Crippen LogP contribution in [0.4, 0.5) is 16.3 Å². The zero-order chi connectivity index (χ0) is 57.0. The number of unbranched alkanes of at least 4 members (excludes halogenated alkanes) is 4. The van der Waals surface area contributed by atoms with Crippen LogP contribution >= 0.6 is 22.6 Å². The van der Waals surface area contributed by atoms with Crippen LogP contribution in [0, 0.1) is 11.8 Å². The van der Waals surface area contributed by atoms with Crippen LogP contribution < -0.4 is 26.6 Å². The number of H-pyrrole nitrogens is 1. The van der Waals surface area contributed by atoms with Crippen molar-refractivity contribution in [3.63, 3.8) is 0 Å². The van der Waals surface area contributed by atoms with Crippen LogP contribution in [0.5, 0.6) is 0 Å². The van der Waals surface area contributed by atoms with E-state index in [2.05, 4.69) is 84.9 Å². The van der Waals surface area contributed by atoms with E-state index in [0.717, 1.165) is 68.4 Å². The van der Waals surface area contributed by atoms with E-state index in [4.69, 9.17) is 9.47 Å². The van der Waals surface area contributed by atoms with Crippen LogP contribution in [0.2, 0.25) is 0 Å². The maximum atomic E-state index is 13.8. The lowest BCUT2D eigenvalue weighted by atomic mass is 9.84. The Labute approximate surface area is 470 Å². The van der Waals surface area contributed by atoms with Crippen molar-refractivity contribution in [3.8, 4) is 0 Å². The number of amides is 7. The van der Waals surface area contributed by atoms with Crippen LogP contribution in [0.1, 0.15) is 150 Å². The summed E-state index contributed by atoms with van der Waals surface area (Å²) in [6.07, 6.45) is 3.27. The third-order valence-corrected chi connectivity index (χ3v) is 17.4. The van der Waals surface area contributed by atoms with E-state index in [1.54, 1.807) is 45.0 Å². The number of hydrogen-bond acceptors (Lipinski definition) is 15. The van der Waals surface area contributed by atoms with Crippen molar-refractivity contribution in [1.82, 2.24) is 40.7 Å². The highest BCUT2D eigenvalue weighted by Gasteiger charge is 2.50. The van der Waals surface area contributed by atoms with Crippen LogP contribution in [-0.2, 0) is 44.8 Å². The summed E-state index contributed by atoms with van der Waals surface area (Å²) in [5.41, 5.74) is 3.21. The van der Waals surface area contributed by atoms with E-state index in [1.165, 1.54) is 18.2 Å². The summed E-state index contributed by atoms with van der Waals surface area (Å²) >= 11 is 2.34. The van der Waals surface area contributed by atoms with E-state index in [-0.39, 0.29) is 66.0 Å². The largest absolute Gasteiger partial charge is 0.445 e. The lowest BCUT2D eigenvalue weighted by molar-refractivity contribution is -0.173. The van der Waals surface area contributed by atoms with Gasteiger partial charge < -0.3 is 56.4 Å². The van der Waals surface area contributed by atoms with Gasteiger partial charge in [0.1, 0.15) is 48.8 Å². The Morgan fingerprint density at radius 3 is 2.32 bits per heavy atom. The van der Waals surface area contributed by atoms with E-state index < -0.39 is 90.5 Å². The molecule has 3 aliphatic rings. The second kappa shape index (κ2) is 28.1. The predicted octanol–water partition coefficient (Wildman–Crippen LogP) is 5.29. The number of alkyl halides is 1. The van der Waals surface area contributed by atoms with Gasteiger partial charge in [0, 0.05) is 40.7 Å². The molecule has 0 bridgehead atoms. The number of fused-ring (bicyclic) bond motifs is 1. The van der Waals surface area contributed by atoms with Gasteiger partial charge >= 0.3 is 6.09 Å². The monoisotopic (exact) mass is 1200 g/mol. The van der Waals surface area contributed by atoms with Gasteiger partial charge in [-0.25, -0.2) is 14.8 Å². The number of nitrogens with zero attached hydrogens (tertiary/aromatic N) is 4. The van der Waals surface area contributed by atoms with Crippen molar-refractivity contribution < 1.29 is 58.4 Å². The third-order valence-electron chi connectivity index (χ3n) is 15.4. The maximum absolute atomic E-state index is 13.8. The first-order valence-corrected chi connectivity index (χ1v) is 28.7. The van der Waals surface area contributed by atoms with Gasteiger partial charge in [-0.15, -0.1) is 0 Å². The Hall–Kier alpha value is -5.50. The van der Waals surface area contributed by atoms with Crippen molar-refractivity contribution in [1.29, 1.82) is 0 Å². The number of likely N-dealkylation sites (tertiary alicyclic amines) is 2. The molecule has 78 heavy (non-hydrogen) atoms. The normalized spacial score (nSPS) is 24.4. The number of halogens is 1. The van der Waals surface area contributed by atoms with E-state index in [0.29, 0.717) is 28.1 Å². The second-order valence-corrected chi connectivity index (χ2v) is 23.7. The highest BCUT2D eigenvalue weighted by Crippen LogP contribution is 2.43. The molecular formula is C55H81IN10O12. The van der Waals surface area contributed by atoms with Gasteiger partial charge in [0.05, 0.1) is 29.7 Å². The highest BCUT2D eigenvalue weighted by atomic mass is 127. The van der Waals surface area contributed by atoms with Crippen LogP contribution in [0.3, 0.4) is 0 Å². The Bertz CT molecular complexity index is 2570. The molecular weight excluding hydrogens is 1120 g/mol. The van der Waals surface area contributed by atoms with Crippen LogP contribution in [-0.4, -0.2) is 153 Å². The topological polar surface area (TPSA) is 307 Å². The molecule has 22 nitrogen and oxygen atoms in total. The number of imide groups is 1. The third kappa shape index (κ3) is 15.2. The zero-order valence-corrected chi connectivity index (χ0v) is 48.3. The molecule has 0 saturated carbocycles. The molecule has 3 aromatic rings. The summed E-state index contributed by atoms with van der Waals surface area (Å²) < 4.78 is 11.3. The molecule has 9 N–H and O–H groups in total. The van der Waals surface area contributed by atoms with Crippen LogP contribution in [0.15, 0.2) is 36.7 Å². The SMILES string of the molecule is CCCCCC(C)c1cc2ncnc(N[C@H]3O[C@@H](C)[C@H](NC(=O)[C@H]4[C@@H](O)CCN4C(=O)OCc4ccc(NC(=O)[C@H](C)NC(=O)[C@@H](NC(=O)CCN5C(=O)CC(C(I)(CC)CCCCC)C5=O)C(C)C)cc4)[C@@H](O)[C@@H]3O)c2[nH]1. The average molecular weight is 1200 g/mol. The van der Waals surface area contributed by atoms with Crippen molar-refractivity contribution in [2.75, 3.05) is 23.7 Å². The molecule has 3 unspecified atom stereocenters. The number of hydrogen-bond donors (Lipinski definition) is 9. The molecule has 7 amide bonds. The number of ether oxygens (including phenoxy) is 2. The highest BCUT2D eigenvalue weighted by molar-refractivity contribution is 14.1. The van der Waals surface area contributed by atoms with Crippen LogP contribution in [0.25, 0.3) is 11.0 Å². The number of nitrogens with one attached hydrogen (secondary N) is 6. The van der Waals surface area contributed by atoms with E-state index >= 15 is 0 Å². The molecule has 5 heterocycles. The molecule has 3 aliphatic heterocycles. The van der Waals surface area contributed by atoms with E-state index in [9.17, 15) is 48.9 Å². The Morgan fingerprint density at radius 1 is 0.936 bits per heavy atom. The average Bonchev–Trinajstić information content (AvgIpc) is 4.14. The number of aromatic nitrogens is 3. The fourth-order valence-electron chi connectivity index (χ4n) is 10.4. The molecule has 2 aromatic heterocycles. The molecule has 0 aliphatic carbocycles. The number of aliphatic hydroxyl groups excluding tert-OH is 3. The summed E-state index contributed by atoms with van der Waals surface area (Å²) in [5.74, 6) is -3.19. The first-order chi connectivity index (χ1) is 37.1. The quantitative estimate of drug-likeness (QED) is 0.0214. The molecule has 1 aromatic carbocycles. The fourth-order valence-corrected chi connectivity index (χ4v) is 11.2. The molecule has 23 heteroatoms. The lowest BCUT2D eigenvalue weighted by Crippen LogP contribution is -2.66. The minimum Gasteiger partial charge on any atom is -0.445 e. The van der Waals surface area contributed by atoms with Crippen molar-refractivity contribution in [2.24, 2.45) is 11.8 Å². The van der Waals surface area contributed by atoms with Gasteiger partial charge in [-0.2, -0.15) is 0 Å². The minimum absolute atomic E-state index is 0.00267. The number of aliphatic hydroxyl groups is 3. The Kier molecular flexibility index (Phi) is 22.2. The summed E-state index contributed by atoms with van der Waals surface area (Å²) in [6.45, 7) is 14.7. The van der Waals surface area contributed by atoms with Gasteiger partial charge in [-0.1, -0.05) is 115 Å². The van der Waals surface area contributed by atoms with Gasteiger partial charge in [0.2, 0.25) is 35.4 Å². The minimum atomic E-state index is -1.53. The standard InChI is InChI=1S/C55H81IN10O12/c1-9-12-14-16-31(6)37-27-38-44(61-37)48(58-29-57-38)64-52-47(71)46(70)43(33(8)78-52)63-51(74)45-39(67)21-24-66(45)54(76)77-28-34-17-19-35(20-18-34)60-49(72)32(7)59-50(73)42(30(4)5)62-40(68)22-25-65-41(69)26-36(53(65)75)55(56,11-3)23-15-13-10-2/h17-20,27,29-33,36,39,42-43,45-47,52,61,67,70-71H,9-16,21-26,28H2,1-8H3,(H,59,73)(H,60,72)(H,62,68)(H,63,74)(H,57,58,64)/t31?,32-,33-,36?,39-,42-,43-,45+,46+,47-,52-,55?/m0/s1. The zero-order valence-electron chi connectivity index (χ0n) is 46.2. The van der Waals surface area contributed by atoms with E-state index in [1.807, 2.05) is 13.0 Å². The number of carbonyl (C=O) groups excluding carboxylic acids is 7. The van der Waals surface area contributed by atoms with Gasteiger partial charge in [0.25, 0.3) is 0 Å². The summed E-state index contributed by atoms with van der Waals surface area (Å²) in [5, 5.41) is 47.3. The number of benzene rings is 1. The molecule has 3 fully saturated rings. The Morgan fingerprint density at radius 2 is 1.64 bits per heavy atom. The maximum Gasteiger partial charge on any atom is 0.410 e. The Balaban J connectivity index is 0.946.